The Morgan fingerprint density at radius 3 is 2.63 bits per heavy atom. The lowest BCUT2D eigenvalue weighted by atomic mass is 9.92. The summed E-state index contributed by atoms with van der Waals surface area (Å²) in [7, 11) is 3.06. The summed E-state index contributed by atoms with van der Waals surface area (Å²) in [5.74, 6) is 0.434. The Hall–Kier alpha value is -3.04. The van der Waals surface area contributed by atoms with E-state index < -0.39 is 12.2 Å². The topological polar surface area (TPSA) is 71.3 Å². The van der Waals surface area contributed by atoms with E-state index in [2.05, 4.69) is 4.98 Å². The van der Waals surface area contributed by atoms with Gasteiger partial charge in [-0.05, 0) is 42.2 Å². The second-order valence-electron chi connectivity index (χ2n) is 9.17. The fourth-order valence-electron chi connectivity index (χ4n) is 4.61. The number of methoxy groups -OCH3 is 2. The average Bonchev–Trinajstić information content (AvgIpc) is 3.54. The number of nitrogens with zero attached hydrogens (tertiary/aromatic N) is 2. The third-order valence-corrected chi connectivity index (χ3v) is 6.89. The van der Waals surface area contributed by atoms with Crippen molar-refractivity contribution in [1.82, 2.24) is 9.38 Å². The lowest BCUT2D eigenvalue weighted by molar-refractivity contribution is -0.202. The van der Waals surface area contributed by atoms with E-state index in [4.69, 9.17) is 18.9 Å². The van der Waals surface area contributed by atoms with Gasteiger partial charge in [-0.3, -0.25) is 9.20 Å². The van der Waals surface area contributed by atoms with Gasteiger partial charge in [0.05, 0.1) is 32.2 Å². The molecule has 1 aliphatic heterocycles. The summed E-state index contributed by atoms with van der Waals surface area (Å²) < 4.78 is 49.7. The van der Waals surface area contributed by atoms with Crippen LogP contribution in [0, 0.1) is 5.92 Å². The van der Waals surface area contributed by atoms with Crippen LogP contribution < -0.4 is 9.47 Å². The van der Waals surface area contributed by atoms with Crippen molar-refractivity contribution < 1.29 is 32.5 Å². The first-order valence-corrected chi connectivity index (χ1v) is 11.7. The number of ketones is 1. The first kappa shape index (κ1) is 23.7. The number of benzene rings is 1. The molecular formula is C26H28F2N2O5. The molecule has 0 atom stereocenters. The number of pyridine rings is 1. The Bertz CT molecular complexity index is 1230. The smallest absolute Gasteiger partial charge is 0.387 e. The Kier molecular flexibility index (Phi) is 6.46. The van der Waals surface area contributed by atoms with Gasteiger partial charge in [-0.1, -0.05) is 19.3 Å². The number of imidazole rings is 1. The Balaban J connectivity index is 1.50. The predicted octanol–water partition coefficient (Wildman–Crippen LogP) is 5.25. The molecule has 0 amide bonds. The van der Waals surface area contributed by atoms with Crippen LogP contribution in [-0.2, 0) is 15.1 Å². The minimum absolute atomic E-state index is 0.0514. The Morgan fingerprint density at radius 2 is 2.00 bits per heavy atom. The van der Waals surface area contributed by atoms with Crippen LogP contribution in [-0.4, -0.2) is 49.2 Å². The molecule has 2 aliphatic rings. The van der Waals surface area contributed by atoms with Crippen LogP contribution in [0.1, 0.15) is 48.0 Å². The van der Waals surface area contributed by atoms with E-state index in [1.54, 1.807) is 19.4 Å². The van der Waals surface area contributed by atoms with Crippen LogP contribution in [0.4, 0.5) is 8.78 Å². The molecule has 0 bridgehead atoms. The number of rotatable bonds is 11. The van der Waals surface area contributed by atoms with Gasteiger partial charge in [0.25, 0.3) is 0 Å². The molecule has 186 valence electrons. The summed E-state index contributed by atoms with van der Waals surface area (Å²) in [5, 5.41) is 0. The largest absolute Gasteiger partial charge is 0.496 e. The molecule has 1 saturated heterocycles. The Morgan fingerprint density at radius 1 is 1.23 bits per heavy atom. The highest BCUT2D eigenvalue weighted by Crippen LogP contribution is 2.39. The van der Waals surface area contributed by atoms with Gasteiger partial charge < -0.3 is 18.9 Å². The lowest BCUT2D eigenvalue weighted by Gasteiger charge is -2.40. The number of fused-ring (bicyclic) bond motifs is 1. The average molecular weight is 487 g/mol. The van der Waals surface area contributed by atoms with E-state index in [1.165, 1.54) is 26.0 Å². The minimum atomic E-state index is -3.08. The van der Waals surface area contributed by atoms with E-state index in [0.29, 0.717) is 42.5 Å². The Labute approximate surface area is 202 Å². The molecule has 3 heterocycles. The van der Waals surface area contributed by atoms with E-state index in [1.807, 2.05) is 22.7 Å². The maximum atomic E-state index is 13.3. The van der Waals surface area contributed by atoms with Crippen molar-refractivity contribution >= 4 is 11.4 Å². The van der Waals surface area contributed by atoms with Crippen LogP contribution >= 0.6 is 0 Å². The van der Waals surface area contributed by atoms with Gasteiger partial charge in [0.2, 0.25) is 0 Å². The van der Waals surface area contributed by atoms with Crippen LogP contribution in [0.5, 0.6) is 11.5 Å². The van der Waals surface area contributed by atoms with Crippen molar-refractivity contribution in [2.45, 2.75) is 44.3 Å². The van der Waals surface area contributed by atoms with Gasteiger partial charge in [-0.2, -0.15) is 8.78 Å². The zero-order valence-electron chi connectivity index (χ0n) is 19.8. The molecular weight excluding hydrogens is 458 g/mol. The fourth-order valence-corrected chi connectivity index (χ4v) is 4.61. The quantitative estimate of drug-likeness (QED) is 0.345. The van der Waals surface area contributed by atoms with Crippen LogP contribution in [0.15, 0.2) is 36.7 Å². The third-order valence-electron chi connectivity index (χ3n) is 6.89. The van der Waals surface area contributed by atoms with Gasteiger partial charge in [-0.25, -0.2) is 4.98 Å². The number of hydrogen-bond acceptors (Lipinski definition) is 6. The maximum Gasteiger partial charge on any atom is 0.387 e. The molecule has 2 fully saturated rings. The molecule has 35 heavy (non-hydrogen) atoms. The summed E-state index contributed by atoms with van der Waals surface area (Å²) in [6.07, 6.45) is 7.84. The number of aromatic nitrogens is 2. The minimum Gasteiger partial charge on any atom is -0.496 e. The van der Waals surface area contributed by atoms with Crippen LogP contribution in [0.3, 0.4) is 0 Å². The fraction of sp³-hybridized carbons (Fsp3) is 0.462. The number of hydrogen-bond donors (Lipinski definition) is 0. The summed E-state index contributed by atoms with van der Waals surface area (Å²) >= 11 is 0. The van der Waals surface area contributed by atoms with Crippen molar-refractivity contribution in [3.05, 3.63) is 47.8 Å². The second kappa shape index (κ2) is 9.54. The maximum absolute atomic E-state index is 13.3. The van der Waals surface area contributed by atoms with Crippen molar-refractivity contribution in [1.29, 1.82) is 0 Å². The van der Waals surface area contributed by atoms with Gasteiger partial charge in [0.15, 0.2) is 5.78 Å². The third kappa shape index (κ3) is 4.62. The monoisotopic (exact) mass is 486 g/mol. The molecule has 5 rings (SSSR count). The van der Waals surface area contributed by atoms with Crippen molar-refractivity contribution in [2.75, 3.05) is 27.4 Å². The van der Waals surface area contributed by atoms with Gasteiger partial charge in [0.1, 0.15) is 28.3 Å². The highest BCUT2D eigenvalue weighted by Gasteiger charge is 2.41. The van der Waals surface area contributed by atoms with Gasteiger partial charge >= 0.3 is 6.61 Å². The molecule has 1 saturated carbocycles. The summed E-state index contributed by atoms with van der Waals surface area (Å²) in [5.41, 5.74) is 2.36. The highest BCUT2D eigenvalue weighted by molar-refractivity contribution is 6.02. The van der Waals surface area contributed by atoms with E-state index >= 15 is 0 Å². The van der Waals surface area contributed by atoms with E-state index in [0.717, 1.165) is 12.0 Å². The number of carbonyl (C=O) groups is 1. The van der Waals surface area contributed by atoms with Crippen LogP contribution in [0.2, 0.25) is 0 Å². The molecule has 3 aromatic rings. The summed E-state index contributed by atoms with van der Waals surface area (Å²) in [6.45, 7) is -2.14. The molecule has 0 radical (unpaired) electrons. The molecule has 1 aromatic carbocycles. The lowest BCUT2D eigenvalue weighted by Crippen LogP contribution is -2.48. The van der Waals surface area contributed by atoms with Crippen LogP contribution in [0.25, 0.3) is 16.9 Å². The zero-order chi connectivity index (χ0) is 24.6. The zero-order valence-corrected chi connectivity index (χ0v) is 19.8. The number of halogens is 2. The molecule has 7 nitrogen and oxygen atoms in total. The summed E-state index contributed by atoms with van der Waals surface area (Å²) in [6, 6.07) is 6.97. The van der Waals surface area contributed by atoms with Crippen molar-refractivity contribution in [3.8, 4) is 22.8 Å². The van der Waals surface area contributed by atoms with Gasteiger partial charge in [0, 0.05) is 25.3 Å². The molecule has 2 aromatic heterocycles. The normalized spacial score (nSPS) is 16.9. The molecule has 0 N–H and O–H groups in total. The predicted molar refractivity (Wildman–Crippen MR) is 124 cm³/mol. The number of ether oxygens (including phenoxy) is 4. The first-order valence-electron chi connectivity index (χ1n) is 11.7. The van der Waals surface area contributed by atoms with E-state index in [-0.39, 0.29) is 29.3 Å². The molecule has 9 heteroatoms. The van der Waals surface area contributed by atoms with E-state index in [9.17, 15) is 13.6 Å². The number of alkyl halides is 2. The van der Waals surface area contributed by atoms with Crippen molar-refractivity contribution in [2.24, 2.45) is 5.92 Å². The number of Topliss-reactive ketones (excluding diaryl/α,β-unsaturated/α-hetero) is 1. The SMILES string of the molecule is COc1cc(-c2cnc3cc(C4(OC)COC4)ccn23)cc(OC(F)F)c1C(=O)CCCC1CC1. The second-order valence-corrected chi connectivity index (χ2v) is 9.17. The molecule has 0 unspecified atom stereocenters. The van der Waals surface area contributed by atoms with Crippen molar-refractivity contribution in [3.63, 3.8) is 0 Å². The highest BCUT2D eigenvalue weighted by atomic mass is 19.3. The molecule has 1 aliphatic carbocycles. The molecule has 0 spiro atoms. The summed E-state index contributed by atoms with van der Waals surface area (Å²) in [4.78, 5) is 17.5. The standard InChI is InChI=1S/C26H28F2N2O5/c1-32-21-10-17(11-22(35-25(27)28)24(21)20(31)5-3-4-16-6-7-16)19-13-29-23-12-18(8-9-30(19)23)26(33-2)14-34-15-26/h8-13,16,25H,3-7,14-15H2,1-2H3. The first-order chi connectivity index (χ1) is 16.9. The van der Waals surface area contributed by atoms with Gasteiger partial charge in [-0.15, -0.1) is 0 Å². The number of carbonyl (C=O) groups excluding carboxylic acids is 1.